The van der Waals surface area contributed by atoms with Crippen molar-refractivity contribution in [3.63, 3.8) is 0 Å². The molecule has 0 aliphatic heterocycles. The van der Waals surface area contributed by atoms with E-state index in [1.165, 1.54) is 6.42 Å². The van der Waals surface area contributed by atoms with E-state index in [9.17, 15) is 0 Å². The first-order chi connectivity index (χ1) is 3.31. The van der Waals surface area contributed by atoms with Crippen LogP contribution in [0, 0.1) is 0 Å². The minimum atomic E-state index is 0.588. The van der Waals surface area contributed by atoms with E-state index in [-0.39, 0.29) is 0 Å². The lowest BCUT2D eigenvalue weighted by Gasteiger charge is -2.07. The van der Waals surface area contributed by atoms with Gasteiger partial charge >= 0.3 is 0 Å². The molecule has 0 bridgehead atoms. The van der Waals surface area contributed by atoms with Crippen molar-refractivity contribution >= 4 is 0 Å². The van der Waals surface area contributed by atoms with Crippen LogP contribution in [0.3, 0.4) is 0 Å². The van der Waals surface area contributed by atoms with Crippen molar-refractivity contribution in [3.8, 4) is 0 Å². The summed E-state index contributed by atoms with van der Waals surface area (Å²) in [5.74, 6) is 0. The van der Waals surface area contributed by atoms with Gasteiger partial charge in [0.1, 0.15) is 0 Å². The first kappa shape index (κ1) is 6.92. The second-order valence-corrected chi connectivity index (χ2v) is 1.70. The second kappa shape index (κ2) is 4.09. The van der Waals surface area contributed by atoms with Crippen molar-refractivity contribution in [3.05, 3.63) is 0 Å². The predicted octanol–water partition coefficient (Wildman–Crippen LogP) is 0.509. The van der Waals surface area contributed by atoms with Gasteiger partial charge in [0.2, 0.25) is 0 Å². The van der Waals surface area contributed by atoms with Gasteiger partial charge in [0.05, 0.1) is 0 Å². The molecule has 2 heteroatoms. The fourth-order valence-corrected chi connectivity index (χ4v) is 0.348. The van der Waals surface area contributed by atoms with Gasteiger partial charge in [0, 0.05) is 6.04 Å². The van der Waals surface area contributed by atoms with E-state index in [0.717, 1.165) is 0 Å². The lowest BCUT2D eigenvalue weighted by Crippen LogP contribution is -2.35. The highest BCUT2D eigenvalue weighted by Crippen LogP contribution is 1.82. The first-order valence-corrected chi connectivity index (χ1v) is 2.73. The highest BCUT2D eigenvalue weighted by atomic mass is 15.3. The number of hydrazine groups is 1. The molecular weight excluding hydrogens is 88.1 g/mol. The zero-order valence-corrected chi connectivity index (χ0v) is 5.28. The molecule has 0 unspecified atom stereocenters. The van der Waals surface area contributed by atoms with E-state index in [2.05, 4.69) is 24.7 Å². The van der Waals surface area contributed by atoms with Gasteiger partial charge < -0.3 is 0 Å². The predicted molar refractivity (Wildman–Crippen MR) is 31.9 cm³/mol. The van der Waals surface area contributed by atoms with Crippen LogP contribution in [0.15, 0.2) is 0 Å². The minimum absolute atomic E-state index is 0.588. The highest BCUT2D eigenvalue weighted by Gasteiger charge is 1.89. The van der Waals surface area contributed by atoms with E-state index < -0.39 is 0 Å². The van der Waals surface area contributed by atoms with Gasteiger partial charge in [-0.3, -0.25) is 10.9 Å². The van der Waals surface area contributed by atoms with Crippen molar-refractivity contribution in [1.29, 1.82) is 0 Å². The van der Waals surface area contributed by atoms with E-state index >= 15 is 0 Å². The van der Waals surface area contributed by atoms with Crippen LogP contribution >= 0.6 is 0 Å². The van der Waals surface area contributed by atoms with Gasteiger partial charge in [-0.25, -0.2) is 0 Å². The monoisotopic (exact) mass is 102 g/mol. The Kier molecular flexibility index (Phi) is 4.04. The van der Waals surface area contributed by atoms with E-state index in [1.807, 2.05) is 7.05 Å². The standard InChI is InChI=1S/C5H14N2/c1-4-5(2)7-6-3/h5-7H,4H2,1-3H3/t5-/m0/s1. The lowest BCUT2D eigenvalue weighted by molar-refractivity contribution is 0.477. The Morgan fingerprint density at radius 1 is 1.57 bits per heavy atom. The summed E-state index contributed by atoms with van der Waals surface area (Å²) >= 11 is 0. The quantitative estimate of drug-likeness (QED) is 0.507. The molecule has 2 N–H and O–H groups in total. The smallest absolute Gasteiger partial charge is 0.0181 e. The van der Waals surface area contributed by atoms with Crippen LogP contribution in [0.4, 0.5) is 0 Å². The summed E-state index contributed by atoms with van der Waals surface area (Å²) in [6, 6.07) is 0.588. The van der Waals surface area contributed by atoms with Crippen LogP contribution in [-0.4, -0.2) is 13.1 Å². The zero-order chi connectivity index (χ0) is 5.70. The Morgan fingerprint density at radius 3 is 2.29 bits per heavy atom. The molecule has 0 radical (unpaired) electrons. The largest absolute Gasteiger partial charge is 0.261 e. The molecule has 0 aliphatic carbocycles. The fourth-order valence-electron chi connectivity index (χ4n) is 0.348. The number of nitrogens with one attached hydrogen (secondary N) is 2. The van der Waals surface area contributed by atoms with Crippen molar-refractivity contribution in [2.24, 2.45) is 0 Å². The molecule has 0 amide bonds. The summed E-state index contributed by atoms with van der Waals surface area (Å²) in [4.78, 5) is 0. The molecule has 44 valence electrons. The summed E-state index contributed by atoms with van der Waals surface area (Å²) in [5.41, 5.74) is 5.91. The molecule has 0 rings (SSSR count). The van der Waals surface area contributed by atoms with E-state index in [4.69, 9.17) is 0 Å². The summed E-state index contributed by atoms with van der Waals surface area (Å²) in [5, 5.41) is 0. The van der Waals surface area contributed by atoms with Gasteiger partial charge in [-0.1, -0.05) is 6.92 Å². The molecule has 0 saturated heterocycles. The van der Waals surface area contributed by atoms with Gasteiger partial charge in [-0.15, -0.1) is 0 Å². The number of hydrogen-bond acceptors (Lipinski definition) is 2. The molecule has 7 heavy (non-hydrogen) atoms. The SMILES string of the molecule is CC[C@H](C)NNC. The van der Waals surface area contributed by atoms with Crippen molar-refractivity contribution in [2.75, 3.05) is 7.05 Å². The maximum atomic E-state index is 3.05. The Hall–Kier alpha value is -0.0800. The Morgan fingerprint density at radius 2 is 2.14 bits per heavy atom. The number of rotatable bonds is 3. The normalized spacial score (nSPS) is 14.1. The van der Waals surface area contributed by atoms with Crippen molar-refractivity contribution < 1.29 is 0 Å². The van der Waals surface area contributed by atoms with Gasteiger partial charge in [-0.05, 0) is 20.4 Å². The Balaban J connectivity index is 2.83. The average Bonchev–Trinajstić information content (AvgIpc) is 1.68. The fraction of sp³-hybridized carbons (Fsp3) is 1.00. The summed E-state index contributed by atoms with van der Waals surface area (Å²) < 4.78 is 0. The summed E-state index contributed by atoms with van der Waals surface area (Å²) in [7, 11) is 1.88. The van der Waals surface area contributed by atoms with Crippen LogP contribution in [-0.2, 0) is 0 Å². The third kappa shape index (κ3) is 3.76. The molecular formula is C5H14N2. The lowest BCUT2D eigenvalue weighted by atomic mass is 10.3. The molecule has 2 nitrogen and oxygen atoms in total. The summed E-state index contributed by atoms with van der Waals surface area (Å²) in [6.07, 6.45) is 1.17. The Labute approximate surface area is 45.3 Å². The maximum Gasteiger partial charge on any atom is 0.0181 e. The molecule has 1 atom stereocenters. The van der Waals surface area contributed by atoms with Crippen LogP contribution in [0.5, 0.6) is 0 Å². The molecule has 0 saturated carbocycles. The van der Waals surface area contributed by atoms with Crippen LogP contribution in [0.1, 0.15) is 20.3 Å². The first-order valence-electron chi connectivity index (χ1n) is 2.73. The molecule has 0 aromatic carbocycles. The minimum Gasteiger partial charge on any atom is -0.261 e. The molecule has 0 fully saturated rings. The highest BCUT2D eigenvalue weighted by molar-refractivity contribution is 4.49. The third-order valence-electron chi connectivity index (χ3n) is 1.00. The van der Waals surface area contributed by atoms with Gasteiger partial charge in [0.25, 0.3) is 0 Å². The third-order valence-corrected chi connectivity index (χ3v) is 1.00. The van der Waals surface area contributed by atoms with Crippen LogP contribution in [0.2, 0.25) is 0 Å². The maximum absolute atomic E-state index is 3.05. The van der Waals surface area contributed by atoms with Gasteiger partial charge in [-0.2, -0.15) is 0 Å². The van der Waals surface area contributed by atoms with E-state index in [1.54, 1.807) is 0 Å². The molecule has 0 aromatic rings. The Bertz CT molecular complexity index is 37.1. The average molecular weight is 102 g/mol. The number of hydrogen-bond donors (Lipinski definition) is 2. The molecule has 0 spiro atoms. The zero-order valence-electron chi connectivity index (χ0n) is 5.28. The second-order valence-electron chi connectivity index (χ2n) is 1.70. The summed E-state index contributed by atoms with van der Waals surface area (Å²) in [6.45, 7) is 4.28. The van der Waals surface area contributed by atoms with Gasteiger partial charge in [0.15, 0.2) is 0 Å². The molecule has 0 heterocycles. The van der Waals surface area contributed by atoms with Crippen LogP contribution in [0.25, 0.3) is 0 Å². The van der Waals surface area contributed by atoms with Crippen molar-refractivity contribution in [1.82, 2.24) is 10.9 Å². The van der Waals surface area contributed by atoms with E-state index in [0.29, 0.717) is 6.04 Å². The molecule has 0 aliphatic rings. The van der Waals surface area contributed by atoms with Crippen LogP contribution < -0.4 is 10.9 Å². The van der Waals surface area contributed by atoms with Crippen molar-refractivity contribution in [2.45, 2.75) is 26.3 Å². The molecule has 0 aromatic heterocycles. The topological polar surface area (TPSA) is 24.1 Å².